The average molecular weight is 301 g/mol. The van der Waals surface area contributed by atoms with Crippen LogP contribution in [0.2, 0.25) is 5.15 Å². The molecule has 2 heterocycles. The van der Waals surface area contributed by atoms with Gasteiger partial charge in [-0.3, -0.25) is 4.68 Å². The highest BCUT2D eigenvalue weighted by atomic mass is 35.5. The van der Waals surface area contributed by atoms with E-state index in [9.17, 15) is 8.42 Å². The number of rotatable bonds is 4. The van der Waals surface area contributed by atoms with E-state index in [1.165, 1.54) is 29.7 Å². The summed E-state index contributed by atoms with van der Waals surface area (Å²) in [6.45, 7) is 0.246. The van der Waals surface area contributed by atoms with Gasteiger partial charge < -0.3 is 0 Å². The van der Waals surface area contributed by atoms with Crippen LogP contribution in [0.1, 0.15) is 5.56 Å². The smallest absolute Gasteiger partial charge is 0.243 e. The van der Waals surface area contributed by atoms with E-state index in [4.69, 9.17) is 11.6 Å². The number of pyridine rings is 1. The minimum absolute atomic E-state index is 0.124. The van der Waals surface area contributed by atoms with Crippen LogP contribution in [-0.4, -0.2) is 34.5 Å². The van der Waals surface area contributed by atoms with Crippen LogP contribution < -0.4 is 0 Å². The minimum Gasteiger partial charge on any atom is -0.275 e. The average Bonchev–Trinajstić information content (AvgIpc) is 2.74. The first kappa shape index (κ1) is 14.0. The molecule has 0 saturated carbocycles. The molecule has 0 aliphatic heterocycles. The Hall–Kier alpha value is -1.44. The monoisotopic (exact) mass is 300 g/mol. The number of aromatic nitrogens is 3. The maximum absolute atomic E-state index is 12.3. The van der Waals surface area contributed by atoms with Gasteiger partial charge >= 0.3 is 0 Å². The maximum Gasteiger partial charge on any atom is 0.243 e. The fraction of sp³-hybridized carbons (Fsp3) is 0.273. The molecule has 0 bridgehead atoms. The van der Waals surface area contributed by atoms with Crippen LogP contribution in [-0.2, 0) is 23.6 Å². The predicted molar refractivity (Wildman–Crippen MR) is 71.1 cm³/mol. The first-order chi connectivity index (χ1) is 8.89. The highest BCUT2D eigenvalue weighted by molar-refractivity contribution is 7.89. The van der Waals surface area contributed by atoms with Gasteiger partial charge in [-0.2, -0.15) is 9.40 Å². The van der Waals surface area contributed by atoms with Gasteiger partial charge in [-0.1, -0.05) is 11.6 Å². The topological polar surface area (TPSA) is 68.1 Å². The van der Waals surface area contributed by atoms with E-state index in [0.717, 1.165) is 5.56 Å². The number of halogens is 1. The number of nitrogens with zero attached hydrogens (tertiary/aromatic N) is 4. The molecule has 6 nitrogen and oxygen atoms in total. The van der Waals surface area contributed by atoms with Crippen LogP contribution >= 0.6 is 11.6 Å². The number of sulfonamides is 1. The Morgan fingerprint density at radius 1 is 1.47 bits per heavy atom. The molecule has 0 fully saturated rings. The second-order valence-electron chi connectivity index (χ2n) is 4.10. The van der Waals surface area contributed by atoms with Gasteiger partial charge in [0.05, 0.1) is 11.1 Å². The molecular formula is C11H13ClN4O2S. The molecule has 0 amide bonds. The third kappa shape index (κ3) is 3.12. The summed E-state index contributed by atoms with van der Waals surface area (Å²) >= 11 is 5.71. The molecule has 2 aromatic heterocycles. The van der Waals surface area contributed by atoms with E-state index in [0.29, 0.717) is 0 Å². The lowest BCUT2D eigenvalue weighted by atomic mass is 10.4. The lowest BCUT2D eigenvalue weighted by Gasteiger charge is -2.16. The summed E-state index contributed by atoms with van der Waals surface area (Å²) in [4.78, 5) is 3.89. The maximum atomic E-state index is 12.3. The molecule has 0 spiro atoms. The molecule has 19 heavy (non-hydrogen) atoms. The van der Waals surface area contributed by atoms with Crippen LogP contribution in [0.25, 0.3) is 0 Å². The zero-order chi connectivity index (χ0) is 14.0. The van der Waals surface area contributed by atoms with Gasteiger partial charge in [0.25, 0.3) is 0 Å². The van der Waals surface area contributed by atoms with E-state index in [1.807, 2.05) is 0 Å². The fourth-order valence-corrected chi connectivity index (χ4v) is 3.03. The lowest BCUT2D eigenvalue weighted by molar-refractivity contribution is 0.466. The van der Waals surface area contributed by atoms with Crippen molar-refractivity contribution in [1.82, 2.24) is 19.1 Å². The summed E-state index contributed by atoms with van der Waals surface area (Å²) in [5.41, 5.74) is 0.814. The van der Waals surface area contributed by atoms with Crippen LogP contribution in [0.4, 0.5) is 0 Å². The van der Waals surface area contributed by atoms with E-state index in [-0.39, 0.29) is 16.6 Å². The highest BCUT2D eigenvalue weighted by Crippen LogP contribution is 2.18. The Morgan fingerprint density at radius 2 is 2.21 bits per heavy atom. The molecule has 0 aliphatic carbocycles. The summed E-state index contributed by atoms with van der Waals surface area (Å²) in [7, 11) is -0.290. The summed E-state index contributed by atoms with van der Waals surface area (Å²) in [5.74, 6) is 0. The van der Waals surface area contributed by atoms with Crippen LogP contribution in [0.3, 0.4) is 0 Å². The van der Waals surface area contributed by atoms with Crippen LogP contribution in [0.15, 0.2) is 35.6 Å². The molecule has 0 radical (unpaired) electrons. The molecule has 0 atom stereocenters. The molecule has 0 aliphatic rings. The zero-order valence-electron chi connectivity index (χ0n) is 10.5. The SMILES string of the molecule is CN(Cc1cnn(C)c1)S(=O)(=O)c1ccnc(Cl)c1. The van der Waals surface area contributed by atoms with Gasteiger partial charge in [0.2, 0.25) is 10.0 Å². The molecule has 0 aromatic carbocycles. The Kier molecular flexibility index (Phi) is 3.88. The molecule has 0 unspecified atom stereocenters. The van der Waals surface area contributed by atoms with Crippen molar-refractivity contribution in [2.24, 2.45) is 7.05 Å². The van der Waals surface area contributed by atoms with Crippen molar-refractivity contribution in [3.8, 4) is 0 Å². The van der Waals surface area contributed by atoms with Crippen molar-refractivity contribution in [1.29, 1.82) is 0 Å². The first-order valence-electron chi connectivity index (χ1n) is 5.45. The Labute approximate surface area is 116 Å². The lowest BCUT2D eigenvalue weighted by Crippen LogP contribution is -2.26. The van der Waals surface area contributed by atoms with Crippen molar-refractivity contribution in [2.45, 2.75) is 11.4 Å². The third-order valence-corrected chi connectivity index (χ3v) is 4.58. The molecular weight excluding hydrogens is 288 g/mol. The zero-order valence-corrected chi connectivity index (χ0v) is 12.1. The van der Waals surface area contributed by atoms with Crippen molar-refractivity contribution < 1.29 is 8.42 Å². The number of hydrogen-bond donors (Lipinski definition) is 0. The fourth-order valence-electron chi connectivity index (χ4n) is 1.62. The van der Waals surface area contributed by atoms with Crippen molar-refractivity contribution in [3.63, 3.8) is 0 Å². The molecule has 2 aromatic rings. The Balaban J connectivity index is 2.24. The molecule has 8 heteroatoms. The van der Waals surface area contributed by atoms with E-state index in [1.54, 1.807) is 24.1 Å². The van der Waals surface area contributed by atoms with Gasteiger partial charge in [-0.05, 0) is 12.1 Å². The largest absolute Gasteiger partial charge is 0.275 e. The van der Waals surface area contributed by atoms with Gasteiger partial charge in [-0.15, -0.1) is 0 Å². The van der Waals surface area contributed by atoms with Crippen LogP contribution in [0, 0.1) is 0 Å². The molecule has 0 N–H and O–H groups in total. The third-order valence-electron chi connectivity index (χ3n) is 2.57. The van der Waals surface area contributed by atoms with Gasteiger partial charge in [0, 0.05) is 38.6 Å². The van der Waals surface area contributed by atoms with E-state index < -0.39 is 10.0 Å². The molecule has 0 saturated heterocycles. The summed E-state index contributed by atoms with van der Waals surface area (Å²) in [6.07, 6.45) is 4.77. The van der Waals surface area contributed by atoms with Crippen molar-refractivity contribution in [3.05, 3.63) is 41.4 Å². The Bertz CT molecular complexity index is 684. The first-order valence-corrected chi connectivity index (χ1v) is 7.27. The Morgan fingerprint density at radius 3 is 2.79 bits per heavy atom. The van der Waals surface area contributed by atoms with Crippen molar-refractivity contribution in [2.75, 3.05) is 7.05 Å². The summed E-state index contributed by atoms with van der Waals surface area (Å²) in [5, 5.41) is 4.15. The summed E-state index contributed by atoms with van der Waals surface area (Å²) < 4.78 is 27.5. The molecule has 2 rings (SSSR count). The number of hydrogen-bond acceptors (Lipinski definition) is 4. The van der Waals surface area contributed by atoms with E-state index >= 15 is 0 Å². The standard InChI is InChI=1S/C11H13ClN4O2S/c1-15-7-9(6-14-15)8-16(2)19(17,18)10-3-4-13-11(12)5-10/h3-7H,8H2,1-2H3. The van der Waals surface area contributed by atoms with Gasteiger partial charge in [0.15, 0.2) is 0 Å². The van der Waals surface area contributed by atoms with Gasteiger partial charge in [-0.25, -0.2) is 13.4 Å². The predicted octanol–water partition coefficient (Wildman–Crippen LogP) is 1.29. The van der Waals surface area contributed by atoms with Crippen molar-refractivity contribution >= 4 is 21.6 Å². The normalized spacial score (nSPS) is 12.0. The number of aryl methyl sites for hydroxylation is 1. The second kappa shape index (κ2) is 5.28. The minimum atomic E-state index is -3.58. The highest BCUT2D eigenvalue weighted by Gasteiger charge is 2.21. The quantitative estimate of drug-likeness (QED) is 0.798. The van der Waals surface area contributed by atoms with Gasteiger partial charge in [0.1, 0.15) is 5.15 Å². The molecule has 102 valence electrons. The second-order valence-corrected chi connectivity index (χ2v) is 6.53. The summed E-state index contributed by atoms with van der Waals surface area (Å²) in [6, 6.07) is 2.75. The van der Waals surface area contributed by atoms with E-state index in [2.05, 4.69) is 10.1 Å². The van der Waals surface area contributed by atoms with Crippen LogP contribution in [0.5, 0.6) is 0 Å².